The van der Waals surface area contributed by atoms with E-state index in [1.165, 1.54) is 6.07 Å². The summed E-state index contributed by atoms with van der Waals surface area (Å²) in [6, 6.07) is 6.92. The van der Waals surface area contributed by atoms with Crippen LogP contribution in [0.5, 0.6) is 5.75 Å². The third kappa shape index (κ3) is 2.30. The summed E-state index contributed by atoms with van der Waals surface area (Å²) in [5, 5.41) is 3.28. The summed E-state index contributed by atoms with van der Waals surface area (Å²) < 4.78 is 20.9. The second-order valence-corrected chi connectivity index (χ2v) is 6.54. The first-order chi connectivity index (χ1) is 12.0. The number of nitrogens with two attached hydrogens (primary N) is 1. The lowest BCUT2D eigenvalue weighted by Gasteiger charge is -2.23. The molecule has 1 aliphatic carbocycles. The second-order valence-electron chi connectivity index (χ2n) is 6.54. The molecule has 0 unspecified atom stereocenters. The van der Waals surface area contributed by atoms with Crippen LogP contribution < -0.4 is 15.8 Å². The van der Waals surface area contributed by atoms with Crippen LogP contribution in [0.25, 0.3) is 16.7 Å². The van der Waals surface area contributed by atoms with Gasteiger partial charge in [-0.1, -0.05) is 17.7 Å². The standard InChI is InChI=1S/C20H19FN2O2/c1-10-8-13-14(20(22)24)9-15(21)18(17(13)11(10)2)12-4-3-5-16-19(12)25-7-6-23-16/h3-5,9,23H,6-8H2,1-2H3,(H2,22,24). The Bertz CT molecular complexity index is 947. The first-order valence-corrected chi connectivity index (χ1v) is 8.31. The molecule has 4 rings (SSSR count). The summed E-state index contributed by atoms with van der Waals surface area (Å²) in [6.45, 7) is 5.21. The fraction of sp³-hybridized carbons (Fsp3) is 0.250. The molecule has 3 N–H and O–H groups in total. The van der Waals surface area contributed by atoms with Gasteiger partial charge in [0.1, 0.15) is 18.2 Å². The van der Waals surface area contributed by atoms with Crippen molar-refractivity contribution in [1.29, 1.82) is 0 Å². The van der Waals surface area contributed by atoms with Gasteiger partial charge in [-0.25, -0.2) is 4.39 Å². The predicted molar refractivity (Wildman–Crippen MR) is 96.3 cm³/mol. The molecule has 25 heavy (non-hydrogen) atoms. The summed E-state index contributed by atoms with van der Waals surface area (Å²) >= 11 is 0. The third-order valence-corrected chi connectivity index (χ3v) is 5.06. The zero-order valence-electron chi connectivity index (χ0n) is 14.2. The molecular formula is C20H19FN2O2. The molecule has 2 aromatic carbocycles. The molecule has 0 bridgehead atoms. The van der Waals surface area contributed by atoms with Crippen molar-refractivity contribution < 1.29 is 13.9 Å². The van der Waals surface area contributed by atoms with E-state index in [2.05, 4.69) is 5.32 Å². The van der Waals surface area contributed by atoms with Crippen molar-refractivity contribution in [2.24, 2.45) is 5.73 Å². The van der Waals surface area contributed by atoms with E-state index in [0.29, 0.717) is 29.9 Å². The van der Waals surface area contributed by atoms with Crippen LogP contribution in [0.3, 0.4) is 0 Å². The number of nitrogens with one attached hydrogen (secondary N) is 1. The van der Waals surface area contributed by atoms with Crippen molar-refractivity contribution in [2.75, 3.05) is 18.5 Å². The van der Waals surface area contributed by atoms with Gasteiger partial charge in [0, 0.05) is 23.2 Å². The number of halogens is 1. The highest BCUT2D eigenvalue weighted by Crippen LogP contribution is 2.47. The summed E-state index contributed by atoms with van der Waals surface area (Å²) in [5.41, 5.74) is 11.5. The lowest BCUT2D eigenvalue weighted by atomic mass is 9.89. The van der Waals surface area contributed by atoms with Gasteiger partial charge >= 0.3 is 0 Å². The Kier molecular flexibility index (Phi) is 3.53. The second kappa shape index (κ2) is 5.62. The van der Waals surface area contributed by atoms with Crippen LogP contribution in [0.1, 0.15) is 35.3 Å². The number of hydrogen-bond acceptors (Lipinski definition) is 3. The number of fused-ring (bicyclic) bond motifs is 2. The number of ether oxygens (including phenoxy) is 1. The van der Waals surface area contributed by atoms with E-state index in [1.54, 1.807) is 0 Å². The highest BCUT2D eigenvalue weighted by molar-refractivity contribution is 6.00. The minimum atomic E-state index is -0.600. The number of carbonyl (C=O) groups excluding carboxylic acids is 1. The SMILES string of the molecule is CC1=C(C)c2c(c(C(N)=O)cc(F)c2-c2cccc3c2OCCN3)C1. The fourth-order valence-electron chi connectivity index (χ4n) is 3.75. The molecule has 2 aromatic rings. The van der Waals surface area contributed by atoms with Crippen molar-refractivity contribution in [3.63, 3.8) is 0 Å². The molecule has 1 aliphatic heterocycles. The Balaban J connectivity index is 2.05. The van der Waals surface area contributed by atoms with Crippen LogP contribution in [0.4, 0.5) is 10.1 Å². The van der Waals surface area contributed by atoms with E-state index in [1.807, 2.05) is 32.0 Å². The highest BCUT2D eigenvalue weighted by atomic mass is 19.1. The number of benzene rings is 2. The number of amides is 1. The molecule has 1 heterocycles. The van der Waals surface area contributed by atoms with Crippen LogP contribution in [0.2, 0.25) is 0 Å². The van der Waals surface area contributed by atoms with E-state index >= 15 is 4.39 Å². The zero-order chi connectivity index (χ0) is 17.7. The van der Waals surface area contributed by atoms with Crippen molar-refractivity contribution >= 4 is 17.2 Å². The molecule has 1 amide bonds. The zero-order valence-corrected chi connectivity index (χ0v) is 14.2. The highest BCUT2D eigenvalue weighted by Gasteiger charge is 2.29. The van der Waals surface area contributed by atoms with Gasteiger partial charge < -0.3 is 15.8 Å². The smallest absolute Gasteiger partial charge is 0.249 e. The van der Waals surface area contributed by atoms with Gasteiger partial charge in [0.25, 0.3) is 0 Å². The van der Waals surface area contributed by atoms with Gasteiger partial charge in [-0.15, -0.1) is 0 Å². The average Bonchev–Trinajstić information content (AvgIpc) is 2.89. The van der Waals surface area contributed by atoms with Crippen molar-refractivity contribution in [3.05, 3.63) is 52.3 Å². The number of primary amides is 1. The summed E-state index contributed by atoms with van der Waals surface area (Å²) in [5.74, 6) is -0.402. The van der Waals surface area contributed by atoms with E-state index in [-0.39, 0.29) is 5.56 Å². The van der Waals surface area contributed by atoms with Crippen molar-refractivity contribution in [1.82, 2.24) is 0 Å². The largest absolute Gasteiger partial charge is 0.489 e. The Morgan fingerprint density at radius 1 is 1.28 bits per heavy atom. The van der Waals surface area contributed by atoms with Gasteiger partial charge in [0.2, 0.25) is 5.91 Å². The lowest BCUT2D eigenvalue weighted by Crippen LogP contribution is -2.19. The Morgan fingerprint density at radius 2 is 2.08 bits per heavy atom. The molecular weight excluding hydrogens is 319 g/mol. The van der Waals surface area contributed by atoms with Crippen LogP contribution in [-0.2, 0) is 6.42 Å². The Labute approximate surface area is 145 Å². The quantitative estimate of drug-likeness (QED) is 0.876. The fourth-order valence-corrected chi connectivity index (χ4v) is 3.75. The van der Waals surface area contributed by atoms with Gasteiger partial charge in [0.05, 0.1) is 5.69 Å². The maximum atomic E-state index is 15.1. The summed E-state index contributed by atoms with van der Waals surface area (Å²) in [7, 11) is 0. The average molecular weight is 338 g/mol. The summed E-state index contributed by atoms with van der Waals surface area (Å²) in [6.07, 6.45) is 0.612. The van der Waals surface area contributed by atoms with E-state index in [9.17, 15) is 4.79 Å². The maximum absolute atomic E-state index is 15.1. The molecule has 128 valence electrons. The molecule has 0 aromatic heterocycles. The van der Waals surface area contributed by atoms with Crippen LogP contribution in [0, 0.1) is 5.82 Å². The van der Waals surface area contributed by atoms with Gasteiger partial charge in [-0.2, -0.15) is 0 Å². The van der Waals surface area contributed by atoms with Crippen LogP contribution in [-0.4, -0.2) is 19.1 Å². The molecule has 0 fully saturated rings. The first-order valence-electron chi connectivity index (χ1n) is 8.31. The number of allylic oxidation sites excluding steroid dienone is 2. The predicted octanol–water partition coefficient (Wildman–Crippen LogP) is 3.75. The minimum absolute atomic E-state index is 0.260. The molecule has 0 radical (unpaired) electrons. The first kappa shape index (κ1) is 15.7. The van der Waals surface area contributed by atoms with Gasteiger partial charge in [-0.05, 0) is 49.1 Å². The molecule has 0 saturated carbocycles. The molecule has 0 saturated heterocycles. The van der Waals surface area contributed by atoms with E-state index in [0.717, 1.165) is 34.5 Å². The van der Waals surface area contributed by atoms with Gasteiger partial charge in [-0.3, -0.25) is 4.79 Å². The Morgan fingerprint density at radius 3 is 2.84 bits per heavy atom. The summed E-state index contributed by atoms with van der Waals surface area (Å²) in [4.78, 5) is 11.8. The van der Waals surface area contributed by atoms with Crippen LogP contribution >= 0.6 is 0 Å². The number of rotatable bonds is 2. The minimum Gasteiger partial charge on any atom is -0.489 e. The Hall–Kier alpha value is -2.82. The maximum Gasteiger partial charge on any atom is 0.249 e. The number of para-hydroxylation sites is 1. The monoisotopic (exact) mass is 338 g/mol. The number of anilines is 1. The molecule has 5 heteroatoms. The molecule has 0 spiro atoms. The van der Waals surface area contributed by atoms with E-state index in [4.69, 9.17) is 10.5 Å². The lowest BCUT2D eigenvalue weighted by molar-refractivity contribution is 0.0999. The van der Waals surface area contributed by atoms with Crippen molar-refractivity contribution in [3.8, 4) is 16.9 Å². The van der Waals surface area contributed by atoms with Crippen LogP contribution in [0.15, 0.2) is 29.8 Å². The van der Waals surface area contributed by atoms with Gasteiger partial charge in [0.15, 0.2) is 0 Å². The molecule has 0 atom stereocenters. The molecule has 4 nitrogen and oxygen atoms in total. The normalized spacial score (nSPS) is 15.3. The van der Waals surface area contributed by atoms with Crippen molar-refractivity contribution in [2.45, 2.75) is 20.3 Å². The number of carbonyl (C=O) groups is 1. The number of hydrogen-bond donors (Lipinski definition) is 2. The topological polar surface area (TPSA) is 64.4 Å². The molecule has 2 aliphatic rings. The van der Waals surface area contributed by atoms with E-state index < -0.39 is 11.7 Å². The third-order valence-electron chi connectivity index (χ3n) is 5.06.